The van der Waals surface area contributed by atoms with Crippen molar-refractivity contribution in [3.05, 3.63) is 48.2 Å². The molecule has 1 aliphatic rings. The maximum atomic E-state index is 12.6. The number of aliphatic hydroxyl groups excluding tert-OH is 1. The van der Waals surface area contributed by atoms with Gasteiger partial charge in [0.15, 0.2) is 6.29 Å². The van der Waals surface area contributed by atoms with Gasteiger partial charge >= 0.3 is 5.97 Å². The molecule has 8 heteroatoms. The van der Waals surface area contributed by atoms with E-state index in [2.05, 4.69) is 4.98 Å². The Morgan fingerprint density at radius 3 is 2.93 bits per heavy atom. The zero-order chi connectivity index (χ0) is 21.7. The maximum Gasteiger partial charge on any atom is 0.340 e. The van der Waals surface area contributed by atoms with Gasteiger partial charge in [0.25, 0.3) is 0 Å². The number of hydrogen-bond acceptors (Lipinski definition) is 7. The number of hydrogen-bond donors (Lipinski definition) is 2. The number of para-hydroxylation sites is 1. The Labute approximate surface area is 174 Å². The van der Waals surface area contributed by atoms with Crippen molar-refractivity contribution in [1.82, 2.24) is 4.98 Å². The quantitative estimate of drug-likeness (QED) is 0.496. The Kier molecular flexibility index (Phi) is 7.25. The van der Waals surface area contributed by atoms with E-state index >= 15 is 0 Å². The highest BCUT2D eigenvalue weighted by Crippen LogP contribution is 2.27. The lowest BCUT2D eigenvalue weighted by Gasteiger charge is -2.38. The van der Waals surface area contributed by atoms with Crippen LogP contribution in [-0.2, 0) is 19.0 Å². The van der Waals surface area contributed by atoms with Gasteiger partial charge in [0.2, 0.25) is 0 Å². The van der Waals surface area contributed by atoms with Gasteiger partial charge in [0.1, 0.15) is 12.2 Å². The zero-order valence-corrected chi connectivity index (χ0v) is 16.9. The highest BCUT2D eigenvalue weighted by Gasteiger charge is 2.38. The topological polar surface area (TPSA) is 121 Å². The number of rotatable bonds is 8. The summed E-state index contributed by atoms with van der Waals surface area (Å²) in [5.74, 6) is -1.72. The number of carboxylic acids is 1. The first-order valence-corrected chi connectivity index (χ1v) is 9.98. The van der Waals surface area contributed by atoms with E-state index < -0.39 is 36.5 Å². The molecule has 0 spiro atoms. The van der Waals surface area contributed by atoms with Crippen molar-refractivity contribution in [2.75, 3.05) is 0 Å². The first-order chi connectivity index (χ1) is 14.3. The molecule has 1 saturated heterocycles. The summed E-state index contributed by atoms with van der Waals surface area (Å²) >= 11 is 0. The third-order valence-electron chi connectivity index (χ3n) is 5.09. The standard InChI is InChI=1S/C22H27NO7/c1-13(7-3-6-10-20(25)26)28-22-18(24)11-19(14(2)29-22)30-21(27)16-12-23-17-9-5-4-8-15(16)17/h4-6,8-10,12-14,18-19,22-24H,3,7,11H2,1-2H3,(H,25,26)/p-1/b10-6+/t13-,14+,18-,19-,22-/m1/s1. The van der Waals surface area contributed by atoms with Crippen molar-refractivity contribution in [1.29, 1.82) is 0 Å². The number of H-pyrrole nitrogens is 1. The summed E-state index contributed by atoms with van der Waals surface area (Å²) in [4.78, 5) is 26.0. The van der Waals surface area contributed by atoms with Gasteiger partial charge in [-0.2, -0.15) is 0 Å². The number of benzene rings is 1. The average molecular weight is 416 g/mol. The predicted molar refractivity (Wildman–Crippen MR) is 106 cm³/mol. The number of fused-ring (bicyclic) bond motifs is 1. The van der Waals surface area contributed by atoms with Gasteiger partial charge in [-0.3, -0.25) is 0 Å². The van der Waals surface area contributed by atoms with Crippen LogP contribution in [0.3, 0.4) is 0 Å². The van der Waals surface area contributed by atoms with Gasteiger partial charge in [-0.05, 0) is 38.8 Å². The molecule has 1 aliphatic heterocycles. The summed E-state index contributed by atoms with van der Waals surface area (Å²) in [5, 5.41) is 21.6. The molecule has 1 fully saturated rings. The Morgan fingerprint density at radius 2 is 2.17 bits per heavy atom. The number of aromatic amines is 1. The van der Waals surface area contributed by atoms with E-state index in [9.17, 15) is 19.8 Å². The summed E-state index contributed by atoms with van der Waals surface area (Å²) in [7, 11) is 0. The number of carbonyl (C=O) groups excluding carboxylic acids is 2. The lowest BCUT2D eigenvalue weighted by atomic mass is 10.0. The van der Waals surface area contributed by atoms with E-state index in [0.29, 0.717) is 18.4 Å². The molecule has 2 aromatic rings. The van der Waals surface area contributed by atoms with E-state index in [4.69, 9.17) is 14.2 Å². The molecule has 0 aliphatic carbocycles. The van der Waals surface area contributed by atoms with E-state index in [1.54, 1.807) is 13.1 Å². The van der Waals surface area contributed by atoms with Gasteiger partial charge in [0, 0.05) is 23.5 Å². The molecule has 2 N–H and O–H groups in total. The highest BCUT2D eigenvalue weighted by atomic mass is 16.7. The van der Waals surface area contributed by atoms with Crippen LogP contribution in [0.15, 0.2) is 42.6 Å². The molecule has 162 valence electrons. The molecule has 0 saturated carbocycles. The molecular weight excluding hydrogens is 390 g/mol. The van der Waals surface area contributed by atoms with E-state index in [1.165, 1.54) is 6.08 Å². The smallest absolute Gasteiger partial charge is 0.340 e. The number of nitrogens with one attached hydrogen (secondary N) is 1. The SMILES string of the molecule is C[C@H](CC/C=C/C(=O)[O-])O[C@@H]1O[C@@H](C)[C@H](OC(=O)c2c[nH]c3ccccc23)C[C@H]1O. The second-order valence-corrected chi connectivity index (χ2v) is 7.45. The Balaban J connectivity index is 1.53. The summed E-state index contributed by atoms with van der Waals surface area (Å²) in [5.41, 5.74) is 1.28. The van der Waals surface area contributed by atoms with E-state index in [-0.39, 0.29) is 12.5 Å². The minimum absolute atomic E-state index is 0.192. The van der Waals surface area contributed by atoms with Crippen LogP contribution in [0.5, 0.6) is 0 Å². The van der Waals surface area contributed by atoms with Crippen molar-refractivity contribution in [3.8, 4) is 0 Å². The number of aromatic nitrogens is 1. The van der Waals surface area contributed by atoms with Crippen LogP contribution < -0.4 is 5.11 Å². The number of aliphatic hydroxyl groups is 1. The van der Waals surface area contributed by atoms with Gasteiger partial charge in [-0.15, -0.1) is 0 Å². The van der Waals surface area contributed by atoms with Crippen LogP contribution >= 0.6 is 0 Å². The van der Waals surface area contributed by atoms with Crippen LogP contribution in [0.2, 0.25) is 0 Å². The molecule has 1 aromatic heterocycles. The van der Waals surface area contributed by atoms with Crippen LogP contribution in [0.25, 0.3) is 10.9 Å². The molecular formula is C22H26NO7-. The Hall–Kier alpha value is -2.68. The molecule has 0 radical (unpaired) electrons. The largest absolute Gasteiger partial charge is 0.545 e. The Morgan fingerprint density at radius 1 is 1.40 bits per heavy atom. The molecule has 3 rings (SSSR count). The highest BCUT2D eigenvalue weighted by molar-refractivity contribution is 6.04. The van der Waals surface area contributed by atoms with Gasteiger partial charge in [0.05, 0.1) is 23.7 Å². The van der Waals surface area contributed by atoms with Crippen LogP contribution in [-0.4, -0.2) is 52.7 Å². The van der Waals surface area contributed by atoms with E-state index in [1.807, 2.05) is 31.2 Å². The number of carboxylic acid groups (broad SMARTS) is 1. The lowest BCUT2D eigenvalue weighted by molar-refractivity contribution is -0.297. The minimum atomic E-state index is -1.24. The number of aliphatic carboxylic acids is 1. The van der Waals surface area contributed by atoms with Gasteiger partial charge in [-0.1, -0.05) is 24.3 Å². The van der Waals surface area contributed by atoms with Crippen molar-refractivity contribution < 1.29 is 34.0 Å². The first kappa shape index (κ1) is 22.0. The van der Waals surface area contributed by atoms with Crippen molar-refractivity contribution >= 4 is 22.8 Å². The second-order valence-electron chi connectivity index (χ2n) is 7.45. The summed E-state index contributed by atoms with van der Waals surface area (Å²) in [6.45, 7) is 3.58. The summed E-state index contributed by atoms with van der Waals surface area (Å²) in [6.07, 6.45) is 2.21. The lowest BCUT2D eigenvalue weighted by Crippen LogP contribution is -2.49. The monoisotopic (exact) mass is 416 g/mol. The molecule has 8 nitrogen and oxygen atoms in total. The van der Waals surface area contributed by atoms with Gasteiger partial charge < -0.3 is 34.2 Å². The number of esters is 1. The molecule has 0 unspecified atom stereocenters. The second kappa shape index (κ2) is 9.88. The fourth-order valence-electron chi connectivity index (χ4n) is 3.45. The molecule has 1 aromatic carbocycles. The van der Waals surface area contributed by atoms with E-state index in [0.717, 1.165) is 17.0 Å². The molecule has 0 bridgehead atoms. The van der Waals surface area contributed by atoms with Crippen LogP contribution in [0.4, 0.5) is 0 Å². The third kappa shape index (κ3) is 5.47. The Bertz CT molecular complexity index is 906. The van der Waals surface area contributed by atoms with Crippen molar-refractivity contribution in [3.63, 3.8) is 0 Å². The summed E-state index contributed by atoms with van der Waals surface area (Å²) in [6, 6.07) is 7.44. The number of carbonyl (C=O) groups is 2. The van der Waals surface area contributed by atoms with Gasteiger partial charge in [-0.25, -0.2) is 4.79 Å². The third-order valence-corrected chi connectivity index (χ3v) is 5.09. The fourth-order valence-corrected chi connectivity index (χ4v) is 3.45. The fraction of sp³-hybridized carbons (Fsp3) is 0.455. The molecule has 5 atom stereocenters. The summed E-state index contributed by atoms with van der Waals surface area (Å²) < 4.78 is 17.1. The average Bonchev–Trinajstić information content (AvgIpc) is 3.13. The molecule has 0 amide bonds. The zero-order valence-electron chi connectivity index (χ0n) is 16.9. The first-order valence-electron chi connectivity index (χ1n) is 9.98. The molecule has 2 heterocycles. The minimum Gasteiger partial charge on any atom is -0.545 e. The normalized spacial score (nSPS) is 25.4. The number of allylic oxidation sites excluding steroid dienone is 1. The maximum absolute atomic E-state index is 12.6. The van der Waals surface area contributed by atoms with Crippen molar-refractivity contribution in [2.45, 2.75) is 63.8 Å². The van der Waals surface area contributed by atoms with Crippen LogP contribution in [0, 0.1) is 0 Å². The number of ether oxygens (including phenoxy) is 3. The molecule has 30 heavy (non-hydrogen) atoms. The van der Waals surface area contributed by atoms with Crippen LogP contribution in [0.1, 0.15) is 43.5 Å². The predicted octanol–water partition coefficient (Wildman–Crippen LogP) is 1.68. The van der Waals surface area contributed by atoms with Crippen molar-refractivity contribution in [2.24, 2.45) is 0 Å².